The van der Waals surface area contributed by atoms with Gasteiger partial charge in [0.15, 0.2) is 0 Å². The number of nitro groups is 3. The Kier molecular flexibility index (Phi) is 13.0. The van der Waals surface area contributed by atoms with Gasteiger partial charge in [-0.3, -0.25) is 35.1 Å². The second kappa shape index (κ2) is 18.6. The van der Waals surface area contributed by atoms with Gasteiger partial charge in [0, 0.05) is 78.7 Å². The van der Waals surface area contributed by atoms with Crippen LogP contribution in [-0.2, 0) is 43.6 Å². The molecule has 326 valence electrons. The summed E-state index contributed by atoms with van der Waals surface area (Å²) in [6.45, 7) is 1.96. The smallest absolute Gasteiger partial charge is 0.410 e. The standard InChI is InChI=1S/C41H42N6O14S/c1-24(48)36-34-19-35(37(44(34)38(36)49)39(50)59-21-25-2-8-29(9-3-25)45(53)54)62-32-18-33(43(20-32)41(52)61-23-27-6-12-31(13-7-27)47(57)58)28-14-16-42(17-15-28)40(51)60-22-26-4-10-30(11-5-26)46(55)56/h2-13,24,28,32-34,36,48H,14-23H2,1H3/t24-,32+,33+,34-,36-/m1/s1. The number of piperidine rings is 1. The Labute approximate surface area is 357 Å². The van der Waals surface area contributed by atoms with Gasteiger partial charge < -0.3 is 34.0 Å². The molecule has 4 aliphatic rings. The molecule has 3 amide bonds. The SMILES string of the molecule is C[C@@H](O)[C@H]1C(=O)N2C(C(=O)OCc3ccc([N+](=O)[O-])cc3)=C(S[C@H]3C[C@@H](C4CCN(C(=O)OCc5ccc([N+](=O)[O-])cc5)CC4)N(C(=O)OCc4ccc([N+](=O)[O-])cc4)C3)C[C@H]12. The highest BCUT2D eigenvalue weighted by molar-refractivity contribution is 8.03. The summed E-state index contributed by atoms with van der Waals surface area (Å²) in [6, 6.07) is 16.0. The maximum absolute atomic E-state index is 13.9. The van der Waals surface area contributed by atoms with Crippen molar-refractivity contribution < 1.29 is 53.3 Å². The van der Waals surface area contributed by atoms with Gasteiger partial charge in [-0.1, -0.05) is 0 Å². The van der Waals surface area contributed by atoms with Crippen LogP contribution >= 0.6 is 11.8 Å². The fourth-order valence-corrected chi connectivity index (χ4v) is 9.88. The van der Waals surface area contributed by atoms with Crippen LogP contribution in [0.15, 0.2) is 83.4 Å². The average Bonchev–Trinajstić information content (AvgIpc) is 3.83. The number of non-ortho nitro benzene ring substituents is 3. The number of carbonyl (C=O) groups excluding carboxylic acids is 4. The summed E-state index contributed by atoms with van der Waals surface area (Å²) in [7, 11) is 0. The molecule has 7 rings (SSSR count). The van der Waals surface area contributed by atoms with Crippen molar-refractivity contribution in [2.24, 2.45) is 11.8 Å². The first kappa shape index (κ1) is 43.5. The van der Waals surface area contributed by atoms with Crippen LogP contribution in [0.3, 0.4) is 0 Å². The number of likely N-dealkylation sites (tertiary alicyclic amines) is 2. The molecule has 20 nitrogen and oxygen atoms in total. The van der Waals surface area contributed by atoms with Gasteiger partial charge in [-0.2, -0.15) is 0 Å². The third-order valence-corrected chi connectivity index (χ3v) is 12.9. The molecule has 21 heteroatoms. The Balaban J connectivity index is 1.05. The Bertz CT molecular complexity index is 2260. The number of aliphatic hydroxyl groups is 1. The van der Waals surface area contributed by atoms with E-state index >= 15 is 0 Å². The van der Waals surface area contributed by atoms with Gasteiger partial charge in [0.05, 0.1) is 32.8 Å². The van der Waals surface area contributed by atoms with Gasteiger partial charge in [0.2, 0.25) is 5.91 Å². The zero-order chi connectivity index (χ0) is 44.2. The van der Waals surface area contributed by atoms with Crippen LogP contribution < -0.4 is 0 Å². The minimum Gasteiger partial charge on any atom is -0.456 e. The summed E-state index contributed by atoms with van der Waals surface area (Å²) < 4.78 is 16.9. The van der Waals surface area contributed by atoms with Crippen molar-refractivity contribution in [3.63, 3.8) is 0 Å². The Morgan fingerprint density at radius 1 is 0.742 bits per heavy atom. The van der Waals surface area contributed by atoms with Crippen molar-refractivity contribution in [3.8, 4) is 0 Å². The van der Waals surface area contributed by atoms with Gasteiger partial charge in [0.25, 0.3) is 17.1 Å². The summed E-state index contributed by atoms with van der Waals surface area (Å²) in [4.78, 5) is 90.7. The van der Waals surface area contributed by atoms with Crippen molar-refractivity contribution in [1.82, 2.24) is 14.7 Å². The van der Waals surface area contributed by atoms with E-state index in [0.717, 1.165) is 0 Å². The first-order valence-corrected chi connectivity index (χ1v) is 20.7. The molecule has 1 N–H and O–H groups in total. The number of β-lactam (4-membered cyclic amide) rings is 1. The number of aliphatic hydroxyl groups excluding tert-OH is 1. The maximum Gasteiger partial charge on any atom is 0.410 e. The normalized spacial score (nSPS) is 21.5. The zero-order valence-electron chi connectivity index (χ0n) is 33.3. The molecule has 3 saturated heterocycles. The summed E-state index contributed by atoms with van der Waals surface area (Å²) in [5.41, 5.74) is 1.37. The number of carbonyl (C=O) groups is 4. The summed E-state index contributed by atoms with van der Waals surface area (Å²) >= 11 is 1.35. The predicted molar refractivity (Wildman–Crippen MR) is 218 cm³/mol. The molecule has 0 unspecified atom stereocenters. The maximum atomic E-state index is 13.9. The van der Waals surface area contributed by atoms with E-state index in [4.69, 9.17) is 14.2 Å². The van der Waals surface area contributed by atoms with Crippen LogP contribution in [0.5, 0.6) is 0 Å². The van der Waals surface area contributed by atoms with Crippen LogP contribution in [0.25, 0.3) is 0 Å². The van der Waals surface area contributed by atoms with Crippen LogP contribution in [0.1, 0.15) is 49.3 Å². The second-order valence-corrected chi connectivity index (χ2v) is 16.9. The lowest BCUT2D eigenvalue weighted by Gasteiger charge is -2.44. The molecule has 0 bridgehead atoms. The lowest BCUT2D eigenvalue weighted by atomic mass is 9.83. The molecule has 3 aromatic carbocycles. The number of fused-ring (bicyclic) bond motifs is 1. The highest BCUT2D eigenvalue weighted by Crippen LogP contribution is 2.50. The molecular weight excluding hydrogens is 833 g/mol. The van der Waals surface area contributed by atoms with E-state index in [1.165, 1.54) is 96.4 Å². The molecule has 0 saturated carbocycles. The summed E-state index contributed by atoms with van der Waals surface area (Å²) in [5, 5.41) is 43.4. The van der Waals surface area contributed by atoms with Gasteiger partial charge in [0.1, 0.15) is 25.5 Å². The molecular formula is C41H42N6O14S. The highest BCUT2D eigenvalue weighted by Gasteiger charge is 2.57. The largest absolute Gasteiger partial charge is 0.456 e. The van der Waals surface area contributed by atoms with Crippen molar-refractivity contribution in [3.05, 3.63) is 130 Å². The number of hydrogen-bond donors (Lipinski definition) is 1. The van der Waals surface area contributed by atoms with Gasteiger partial charge in [-0.15, -0.1) is 11.8 Å². The molecule has 3 fully saturated rings. The van der Waals surface area contributed by atoms with E-state index < -0.39 is 56.9 Å². The van der Waals surface area contributed by atoms with Crippen LogP contribution in [0, 0.1) is 42.2 Å². The molecule has 4 heterocycles. The molecule has 3 aromatic rings. The van der Waals surface area contributed by atoms with Crippen LogP contribution in [-0.4, -0.2) is 102 Å². The molecule has 0 aliphatic carbocycles. The molecule has 0 spiro atoms. The van der Waals surface area contributed by atoms with E-state index in [1.807, 2.05) is 0 Å². The summed E-state index contributed by atoms with van der Waals surface area (Å²) in [5.74, 6) is -1.98. The topological polar surface area (TPSA) is 255 Å². The number of nitrogens with zero attached hydrogens (tertiary/aromatic N) is 6. The third kappa shape index (κ3) is 9.47. The van der Waals surface area contributed by atoms with Crippen molar-refractivity contribution >= 4 is 52.9 Å². The number of amides is 3. The average molecular weight is 875 g/mol. The Hall–Kier alpha value is -6.61. The first-order valence-electron chi connectivity index (χ1n) is 19.8. The van der Waals surface area contributed by atoms with Gasteiger partial charge in [-0.25, -0.2) is 14.4 Å². The lowest BCUT2D eigenvalue weighted by molar-refractivity contribution is -0.385. The fourth-order valence-electron chi connectivity index (χ4n) is 8.39. The van der Waals surface area contributed by atoms with E-state index in [0.29, 0.717) is 53.9 Å². The molecule has 0 aromatic heterocycles. The van der Waals surface area contributed by atoms with Crippen LogP contribution in [0.4, 0.5) is 26.7 Å². The number of rotatable bonds is 14. The highest BCUT2D eigenvalue weighted by atomic mass is 32.2. The number of benzene rings is 3. The van der Waals surface area contributed by atoms with Gasteiger partial charge in [-0.05, 0) is 85.2 Å². The lowest BCUT2D eigenvalue weighted by Crippen LogP contribution is -2.61. The fraction of sp³-hybridized carbons (Fsp3) is 0.415. The van der Waals surface area contributed by atoms with E-state index in [2.05, 4.69) is 0 Å². The predicted octanol–water partition coefficient (Wildman–Crippen LogP) is 5.84. The van der Waals surface area contributed by atoms with Crippen molar-refractivity contribution in [1.29, 1.82) is 0 Å². The Morgan fingerprint density at radius 2 is 1.21 bits per heavy atom. The first-order chi connectivity index (χ1) is 29.7. The molecule has 0 radical (unpaired) electrons. The van der Waals surface area contributed by atoms with E-state index in [9.17, 15) is 54.6 Å². The van der Waals surface area contributed by atoms with Gasteiger partial charge >= 0.3 is 18.2 Å². The number of thioether (sulfide) groups is 1. The summed E-state index contributed by atoms with van der Waals surface area (Å²) in [6.07, 6.45) is -0.337. The minimum atomic E-state index is -0.965. The molecule has 4 aliphatic heterocycles. The Morgan fingerprint density at radius 3 is 1.68 bits per heavy atom. The van der Waals surface area contributed by atoms with E-state index in [-0.39, 0.29) is 72.8 Å². The number of nitro benzene ring substituents is 3. The number of esters is 1. The zero-order valence-corrected chi connectivity index (χ0v) is 34.1. The minimum absolute atomic E-state index is 0.0557. The number of ether oxygens (including phenoxy) is 3. The number of hydrogen-bond acceptors (Lipinski definition) is 15. The molecule has 5 atom stereocenters. The quantitative estimate of drug-likeness (QED) is 0.0656. The second-order valence-electron chi connectivity index (χ2n) is 15.5. The monoisotopic (exact) mass is 874 g/mol. The molecule has 62 heavy (non-hydrogen) atoms. The van der Waals surface area contributed by atoms with Crippen molar-refractivity contribution in [2.45, 2.75) is 75.9 Å². The van der Waals surface area contributed by atoms with Crippen molar-refractivity contribution in [2.75, 3.05) is 19.6 Å². The van der Waals surface area contributed by atoms with Crippen LogP contribution in [0.2, 0.25) is 0 Å². The van der Waals surface area contributed by atoms with E-state index in [1.54, 1.807) is 9.80 Å². The third-order valence-electron chi connectivity index (χ3n) is 11.6.